The normalized spacial score (nSPS) is 16.8. The minimum absolute atomic E-state index is 0.00163. The maximum atomic E-state index is 11.5. The number of nitrogens with zero attached hydrogens (tertiary/aromatic N) is 1. The van der Waals surface area contributed by atoms with Gasteiger partial charge in [-0.05, 0) is 45.2 Å². The number of ketones is 1. The number of anilines is 1. The van der Waals surface area contributed by atoms with Crippen molar-refractivity contribution in [2.24, 2.45) is 0 Å². The fourth-order valence-electron chi connectivity index (χ4n) is 2.38. The van der Waals surface area contributed by atoms with E-state index in [1.165, 1.54) is 16.8 Å². The lowest BCUT2D eigenvalue weighted by Gasteiger charge is -2.35. The molecule has 1 atom stereocenters. The van der Waals surface area contributed by atoms with Crippen LogP contribution in [0.15, 0.2) is 18.2 Å². The molecule has 0 N–H and O–H groups in total. The van der Waals surface area contributed by atoms with Gasteiger partial charge < -0.3 is 4.90 Å². The van der Waals surface area contributed by atoms with Crippen LogP contribution in [0.1, 0.15) is 31.4 Å². The van der Waals surface area contributed by atoms with Crippen molar-refractivity contribution < 1.29 is 4.79 Å². The Morgan fingerprint density at radius 2 is 2.19 bits per heavy atom. The summed E-state index contributed by atoms with van der Waals surface area (Å²) < 4.78 is 0. The molecule has 0 aliphatic carbocycles. The van der Waals surface area contributed by atoms with Gasteiger partial charge in [0.1, 0.15) is 0 Å². The third kappa shape index (κ3) is 1.97. The molecule has 1 heterocycles. The van der Waals surface area contributed by atoms with E-state index in [2.05, 4.69) is 30.0 Å². The summed E-state index contributed by atoms with van der Waals surface area (Å²) in [7, 11) is 0. The summed E-state index contributed by atoms with van der Waals surface area (Å²) in [5.41, 5.74) is 3.94. The van der Waals surface area contributed by atoms with Gasteiger partial charge in [0, 0.05) is 12.2 Å². The number of fused-ring (bicyclic) bond motifs is 1. The summed E-state index contributed by atoms with van der Waals surface area (Å²) in [6.45, 7) is 6.79. The van der Waals surface area contributed by atoms with Crippen LogP contribution in [0, 0.1) is 6.92 Å². The molecule has 0 saturated heterocycles. The maximum Gasteiger partial charge on any atom is 0.151 e. The van der Waals surface area contributed by atoms with Crippen molar-refractivity contribution in [2.75, 3.05) is 11.4 Å². The third-order valence-corrected chi connectivity index (χ3v) is 3.45. The molecule has 2 nitrogen and oxygen atoms in total. The number of Topliss-reactive ketones (excluding diaryl/α,β-unsaturated/α-hetero) is 1. The number of hydrogen-bond donors (Lipinski definition) is 0. The topological polar surface area (TPSA) is 20.3 Å². The summed E-state index contributed by atoms with van der Waals surface area (Å²) in [4.78, 5) is 13.7. The van der Waals surface area contributed by atoms with E-state index in [0.29, 0.717) is 0 Å². The van der Waals surface area contributed by atoms with Gasteiger partial charge in [0.15, 0.2) is 5.78 Å². The monoisotopic (exact) mass is 217 g/mol. The van der Waals surface area contributed by atoms with Gasteiger partial charge in [0.25, 0.3) is 0 Å². The first-order chi connectivity index (χ1) is 7.59. The van der Waals surface area contributed by atoms with Crippen LogP contribution in [-0.2, 0) is 11.2 Å². The van der Waals surface area contributed by atoms with Crippen molar-refractivity contribution >= 4 is 11.5 Å². The molecule has 0 spiro atoms. The van der Waals surface area contributed by atoms with E-state index < -0.39 is 0 Å². The smallest absolute Gasteiger partial charge is 0.151 e. The molecular formula is C14H19NO. The highest BCUT2D eigenvalue weighted by Gasteiger charge is 2.23. The minimum Gasteiger partial charge on any atom is -0.362 e. The molecule has 0 bridgehead atoms. The van der Waals surface area contributed by atoms with Gasteiger partial charge in [-0.15, -0.1) is 0 Å². The second kappa shape index (κ2) is 4.28. The van der Waals surface area contributed by atoms with E-state index in [0.717, 1.165) is 19.4 Å². The molecule has 1 aromatic carbocycles. The SMILES string of the molecule is CC(=O)[C@H](C)N1CCCc2cc(C)ccc21. The van der Waals surface area contributed by atoms with Crippen LogP contribution in [0.5, 0.6) is 0 Å². The molecule has 0 unspecified atom stereocenters. The summed E-state index contributed by atoms with van der Waals surface area (Å²) >= 11 is 0. The first kappa shape index (κ1) is 11.2. The van der Waals surface area contributed by atoms with E-state index in [1.807, 2.05) is 6.92 Å². The van der Waals surface area contributed by atoms with Crippen LogP contribution in [0.3, 0.4) is 0 Å². The highest BCUT2D eigenvalue weighted by molar-refractivity contribution is 5.85. The predicted molar refractivity (Wildman–Crippen MR) is 67.0 cm³/mol. The first-order valence-corrected chi connectivity index (χ1v) is 5.96. The largest absolute Gasteiger partial charge is 0.362 e. The number of carbonyl (C=O) groups excluding carboxylic acids is 1. The fourth-order valence-corrected chi connectivity index (χ4v) is 2.38. The lowest BCUT2D eigenvalue weighted by Crippen LogP contribution is -2.41. The van der Waals surface area contributed by atoms with Crippen molar-refractivity contribution in [3.63, 3.8) is 0 Å². The Balaban J connectivity index is 2.36. The highest BCUT2D eigenvalue weighted by atomic mass is 16.1. The average Bonchev–Trinajstić information content (AvgIpc) is 2.26. The van der Waals surface area contributed by atoms with Crippen molar-refractivity contribution in [2.45, 2.75) is 39.7 Å². The number of benzene rings is 1. The van der Waals surface area contributed by atoms with E-state index in [1.54, 1.807) is 6.92 Å². The zero-order chi connectivity index (χ0) is 11.7. The number of aryl methyl sites for hydroxylation is 2. The molecule has 0 aromatic heterocycles. The minimum atomic E-state index is 0.00163. The summed E-state index contributed by atoms with van der Waals surface area (Å²) in [5.74, 6) is 0.244. The Morgan fingerprint density at radius 1 is 1.44 bits per heavy atom. The fraction of sp³-hybridized carbons (Fsp3) is 0.500. The van der Waals surface area contributed by atoms with Crippen molar-refractivity contribution in [1.29, 1.82) is 0 Å². The molecule has 86 valence electrons. The van der Waals surface area contributed by atoms with E-state index in [4.69, 9.17) is 0 Å². The molecule has 2 rings (SSSR count). The van der Waals surface area contributed by atoms with E-state index in [-0.39, 0.29) is 11.8 Å². The Morgan fingerprint density at radius 3 is 2.88 bits per heavy atom. The number of hydrogen-bond acceptors (Lipinski definition) is 2. The van der Waals surface area contributed by atoms with Crippen LogP contribution in [-0.4, -0.2) is 18.4 Å². The molecule has 0 amide bonds. The number of carbonyl (C=O) groups is 1. The van der Waals surface area contributed by atoms with Crippen molar-refractivity contribution in [3.8, 4) is 0 Å². The van der Waals surface area contributed by atoms with Gasteiger partial charge in [-0.1, -0.05) is 17.7 Å². The average molecular weight is 217 g/mol. The molecule has 0 fully saturated rings. The lowest BCUT2D eigenvalue weighted by molar-refractivity contribution is -0.117. The van der Waals surface area contributed by atoms with Gasteiger partial charge in [-0.25, -0.2) is 0 Å². The lowest BCUT2D eigenvalue weighted by atomic mass is 9.97. The van der Waals surface area contributed by atoms with Crippen LogP contribution < -0.4 is 4.90 Å². The molecule has 0 saturated carbocycles. The van der Waals surface area contributed by atoms with Gasteiger partial charge >= 0.3 is 0 Å². The quantitative estimate of drug-likeness (QED) is 0.759. The molecule has 1 aliphatic rings. The summed E-state index contributed by atoms with van der Waals surface area (Å²) in [6.07, 6.45) is 2.28. The van der Waals surface area contributed by atoms with Gasteiger partial charge in [-0.3, -0.25) is 4.79 Å². The van der Waals surface area contributed by atoms with Crippen LogP contribution >= 0.6 is 0 Å². The van der Waals surface area contributed by atoms with Crippen LogP contribution in [0.2, 0.25) is 0 Å². The third-order valence-electron chi connectivity index (χ3n) is 3.45. The Labute approximate surface area is 97.3 Å². The van der Waals surface area contributed by atoms with Crippen molar-refractivity contribution in [3.05, 3.63) is 29.3 Å². The predicted octanol–water partition coefficient (Wildman–Crippen LogP) is 2.73. The standard InChI is InChI=1S/C14H19NO/c1-10-6-7-14-13(9-10)5-4-8-15(14)11(2)12(3)16/h6-7,9,11H,4-5,8H2,1-3H3/t11-/m0/s1. The zero-order valence-corrected chi connectivity index (χ0v) is 10.3. The van der Waals surface area contributed by atoms with Crippen LogP contribution in [0.25, 0.3) is 0 Å². The second-order valence-corrected chi connectivity index (χ2v) is 4.72. The molecule has 1 aliphatic heterocycles. The molecule has 1 aromatic rings. The Hall–Kier alpha value is -1.31. The molecule has 0 radical (unpaired) electrons. The van der Waals surface area contributed by atoms with E-state index in [9.17, 15) is 4.79 Å². The zero-order valence-electron chi connectivity index (χ0n) is 10.3. The van der Waals surface area contributed by atoms with Crippen LogP contribution in [0.4, 0.5) is 5.69 Å². The molecule has 2 heteroatoms. The van der Waals surface area contributed by atoms with Gasteiger partial charge in [0.2, 0.25) is 0 Å². The Bertz CT molecular complexity index is 411. The van der Waals surface area contributed by atoms with Gasteiger partial charge in [-0.2, -0.15) is 0 Å². The highest BCUT2D eigenvalue weighted by Crippen LogP contribution is 2.29. The molecule has 16 heavy (non-hydrogen) atoms. The van der Waals surface area contributed by atoms with Gasteiger partial charge in [0.05, 0.1) is 6.04 Å². The van der Waals surface area contributed by atoms with E-state index >= 15 is 0 Å². The number of rotatable bonds is 2. The summed E-state index contributed by atoms with van der Waals surface area (Å²) in [6, 6.07) is 6.53. The first-order valence-electron chi connectivity index (χ1n) is 5.96. The molecular weight excluding hydrogens is 198 g/mol. The Kier molecular flexibility index (Phi) is 2.99. The van der Waals surface area contributed by atoms with Crippen molar-refractivity contribution in [1.82, 2.24) is 0 Å². The second-order valence-electron chi connectivity index (χ2n) is 4.72. The summed E-state index contributed by atoms with van der Waals surface area (Å²) in [5, 5.41) is 0. The maximum absolute atomic E-state index is 11.5.